The molecule has 0 radical (unpaired) electrons. The van der Waals surface area contributed by atoms with E-state index in [1.807, 2.05) is 6.92 Å². The van der Waals surface area contributed by atoms with Gasteiger partial charge in [-0.2, -0.15) is 0 Å². The lowest BCUT2D eigenvalue weighted by Gasteiger charge is -2.25. The number of aromatic nitrogens is 1. The van der Waals surface area contributed by atoms with E-state index in [2.05, 4.69) is 20.5 Å². The maximum Gasteiger partial charge on any atom is 0.265 e. The van der Waals surface area contributed by atoms with Crippen LogP contribution >= 0.6 is 11.3 Å². The minimum absolute atomic E-state index is 0.0525. The van der Waals surface area contributed by atoms with Gasteiger partial charge in [-0.3, -0.25) is 9.59 Å². The molecular weight excluding hydrogens is 290 g/mol. The van der Waals surface area contributed by atoms with Crippen LogP contribution in [0.25, 0.3) is 0 Å². The zero-order chi connectivity index (χ0) is 15.2. The molecule has 1 aromatic rings. The Hall–Kier alpha value is -1.83. The van der Waals surface area contributed by atoms with Gasteiger partial charge in [-0.25, -0.2) is 4.98 Å². The van der Waals surface area contributed by atoms with Crippen molar-refractivity contribution >= 4 is 34.1 Å². The van der Waals surface area contributed by atoms with Gasteiger partial charge in [-0.15, -0.1) is 0 Å². The fourth-order valence-electron chi connectivity index (χ4n) is 2.20. The highest BCUT2D eigenvalue weighted by Gasteiger charge is 2.21. The number of hydrogen-bond donors (Lipinski definition) is 3. The second-order valence-electron chi connectivity index (χ2n) is 4.89. The van der Waals surface area contributed by atoms with Crippen molar-refractivity contribution in [2.75, 3.05) is 36.8 Å². The van der Waals surface area contributed by atoms with Gasteiger partial charge in [-0.1, -0.05) is 11.3 Å². The molecule has 2 rings (SSSR count). The molecule has 1 aliphatic rings. The predicted octanol–water partition coefficient (Wildman–Crippen LogP) is 0.581. The second-order valence-corrected chi connectivity index (χ2v) is 5.87. The SMILES string of the molecule is CCNC(=O)CNC(=O)c1sc(N2CCCCC2)nc1N. The molecule has 21 heavy (non-hydrogen) atoms. The van der Waals surface area contributed by atoms with Gasteiger partial charge >= 0.3 is 0 Å². The molecule has 1 fully saturated rings. The van der Waals surface area contributed by atoms with Gasteiger partial charge < -0.3 is 21.3 Å². The molecule has 0 aliphatic carbocycles. The molecule has 1 aromatic heterocycles. The molecule has 4 N–H and O–H groups in total. The fraction of sp³-hybridized carbons (Fsp3) is 0.615. The fourth-order valence-corrected chi connectivity index (χ4v) is 3.16. The van der Waals surface area contributed by atoms with Crippen LogP contribution < -0.4 is 21.3 Å². The molecule has 8 heteroatoms. The van der Waals surface area contributed by atoms with Crippen LogP contribution in [0.1, 0.15) is 35.9 Å². The first-order valence-corrected chi connectivity index (χ1v) is 7.99. The van der Waals surface area contributed by atoms with Crippen LogP contribution in [-0.2, 0) is 4.79 Å². The first-order chi connectivity index (χ1) is 10.1. The van der Waals surface area contributed by atoms with E-state index in [4.69, 9.17) is 5.73 Å². The Morgan fingerprint density at radius 2 is 2.00 bits per heavy atom. The highest BCUT2D eigenvalue weighted by molar-refractivity contribution is 7.18. The summed E-state index contributed by atoms with van der Waals surface area (Å²) in [7, 11) is 0. The average Bonchev–Trinajstić information content (AvgIpc) is 2.88. The molecule has 2 heterocycles. The summed E-state index contributed by atoms with van der Waals surface area (Å²) in [5.74, 6) is -0.335. The largest absolute Gasteiger partial charge is 0.382 e. The first kappa shape index (κ1) is 15.6. The Morgan fingerprint density at radius 1 is 1.29 bits per heavy atom. The first-order valence-electron chi connectivity index (χ1n) is 7.18. The lowest BCUT2D eigenvalue weighted by molar-refractivity contribution is -0.120. The maximum atomic E-state index is 12.1. The Balaban J connectivity index is 1.97. The van der Waals surface area contributed by atoms with Crippen molar-refractivity contribution in [1.29, 1.82) is 0 Å². The van der Waals surface area contributed by atoms with Crippen molar-refractivity contribution in [1.82, 2.24) is 15.6 Å². The van der Waals surface area contributed by atoms with Crippen LogP contribution in [0.15, 0.2) is 0 Å². The second kappa shape index (κ2) is 7.26. The zero-order valence-electron chi connectivity index (χ0n) is 12.1. The van der Waals surface area contributed by atoms with Crippen molar-refractivity contribution in [2.24, 2.45) is 0 Å². The summed E-state index contributed by atoms with van der Waals surface area (Å²) >= 11 is 1.29. The Bertz CT molecular complexity index is 511. The summed E-state index contributed by atoms with van der Waals surface area (Å²) in [5.41, 5.74) is 5.83. The number of nitrogens with two attached hydrogens (primary N) is 1. The van der Waals surface area contributed by atoms with Gasteiger partial charge in [0, 0.05) is 19.6 Å². The molecule has 1 saturated heterocycles. The van der Waals surface area contributed by atoms with Crippen molar-refractivity contribution in [3.05, 3.63) is 4.88 Å². The molecule has 0 unspecified atom stereocenters. The Morgan fingerprint density at radius 3 is 2.67 bits per heavy atom. The van der Waals surface area contributed by atoms with E-state index in [1.54, 1.807) is 0 Å². The highest BCUT2D eigenvalue weighted by atomic mass is 32.1. The molecular formula is C13H21N5O2S. The van der Waals surface area contributed by atoms with Crippen LogP contribution in [0.2, 0.25) is 0 Å². The van der Waals surface area contributed by atoms with E-state index in [-0.39, 0.29) is 24.2 Å². The molecule has 116 valence electrons. The molecule has 7 nitrogen and oxygen atoms in total. The normalized spacial score (nSPS) is 14.8. The number of nitrogens with one attached hydrogen (secondary N) is 2. The van der Waals surface area contributed by atoms with Crippen LogP contribution in [0, 0.1) is 0 Å². The number of anilines is 2. The third-order valence-electron chi connectivity index (χ3n) is 3.26. The number of piperidine rings is 1. The summed E-state index contributed by atoms with van der Waals surface area (Å²) < 4.78 is 0. The lowest BCUT2D eigenvalue weighted by atomic mass is 10.1. The number of carbonyl (C=O) groups excluding carboxylic acids is 2. The van der Waals surface area contributed by atoms with Gasteiger partial charge in [0.05, 0.1) is 6.54 Å². The summed E-state index contributed by atoms with van der Waals surface area (Å²) in [4.78, 5) is 30.2. The summed E-state index contributed by atoms with van der Waals surface area (Å²) in [5, 5.41) is 5.97. The smallest absolute Gasteiger partial charge is 0.265 e. The molecule has 0 aromatic carbocycles. The highest BCUT2D eigenvalue weighted by Crippen LogP contribution is 2.29. The number of thiazole rings is 1. The van der Waals surface area contributed by atoms with E-state index in [0.29, 0.717) is 11.4 Å². The number of nitrogen functional groups attached to an aromatic ring is 1. The minimum Gasteiger partial charge on any atom is -0.382 e. The zero-order valence-corrected chi connectivity index (χ0v) is 13.0. The van der Waals surface area contributed by atoms with Crippen LogP contribution in [0.3, 0.4) is 0 Å². The number of rotatable bonds is 5. The van der Waals surface area contributed by atoms with E-state index < -0.39 is 0 Å². The molecule has 0 spiro atoms. The number of amides is 2. The number of likely N-dealkylation sites (N-methyl/N-ethyl adjacent to an activating group) is 1. The molecule has 2 amide bonds. The lowest BCUT2D eigenvalue weighted by Crippen LogP contribution is -2.36. The van der Waals surface area contributed by atoms with Crippen molar-refractivity contribution < 1.29 is 9.59 Å². The summed E-state index contributed by atoms with van der Waals surface area (Å²) in [6, 6.07) is 0. The predicted molar refractivity (Wildman–Crippen MR) is 83.6 cm³/mol. The van der Waals surface area contributed by atoms with Crippen molar-refractivity contribution in [3.63, 3.8) is 0 Å². The van der Waals surface area contributed by atoms with Gasteiger partial charge in [-0.05, 0) is 26.2 Å². The Labute approximate surface area is 127 Å². The molecule has 0 bridgehead atoms. The van der Waals surface area contributed by atoms with Crippen LogP contribution in [0.5, 0.6) is 0 Å². The molecule has 0 saturated carbocycles. The number of hydrogen-bond acceptors (Lipinski definition) is 6. The van der Waals surface area contributed by atoms with Gasteiger partial charge in [0.15, 0.2) is 5.13 Å². The Kier molecular flexibility index (Phi) is 5.38. The molecule has 1 aliphatic heterocycles. The van der Waals surface area contributed by atoms with E-state index in [1.165, 1.54) is 17.8 Å². The maximum absolute atomic E-state index is 12.1. The van der Waals surface area contributed by atoms with Crippen LogP contribution in [0.4, 0.5) is 10.9 Å². The topological polar surface area (TPSA) is 100 Å². The monoisotopic (exact) mass is 311 g/mol. The average molecular weight is 311 g/mol. The van der Waals surface area contributed by atoms with E-state index in [0.717, 1.165) is 31.1 Å². The van der Waals surface area contributed by atoms with Gasteiger partial charge in [0.2, 0.25) is 5.91 Å². The number of nitrogens with zero attached hydrogens (tertiary/aromatic N) is 2. The van der Waals surface area contributed by atoms with Crippen LogP contribution in [-0.4, -0.2) is 43.0 Å². The summed E-state index contributed by atoms with van der Waals surface area (Å²) in [6.07, 6.45) is 3.51. The molecule has 0 atom stereocenters. The van der Waals surface area contributed by atoms with Crippen molar-refractivity contribution in [3.8, 4) is 0 Å². The summed E-state index contributed by atoms with van der Waals surface area (Å²) in [6.45, 7) is 4.21. The van der Waals surface area contributed by atoms with Crippen molar-refractivity contribution in [2.45, 2.75) is 26.2 Å². The van der Waals surface area contributed by atoms with E-state index in [9.17, 15) is 9.59 Å². The number of carbonyl (C=O) groups is 2. The standard InChI is InChI=1S/C13H21N5O2S/c1-2-15-9(19)8-16-12(20)10-11(14)17-13(21-10)18-6-4-3-5-7-18/h2-8,14H2,1H3,(H,15,19)(H,16,20). The third kappa shape index (κ3) is 4.07. The van der Waals surface area contributed by atoms with E-state index >= 15 is 0 Å². The minimum atomic E-state index is -0.348. The van der Waals surface area contributed by atoms with Gasteiger partial charge in [0.25, 0.3) is 5.91 Å². The third-order valence-corrected chi connectivity index (χ3v) is 4.39. The quantitative estimate of drug-likeness (QED) is 0.738. The van der Waals surface area contributed by atoms with Gasteiger partial charge in [0.1, 0.15) is 10.7 Å².